The number of hydrogen-bond donors (Lipinski definition) is 1. The summed E-state index contributed by atoms with van der Waals surface area (Å²) in [6.45, 7) is 1.73. The molecule has 2 N–H and O–H groups in total. The Morgan fingerprint density at radius 2 is 2.11 bits per heavy atom. The fourth-order valence-corrected chi connectivity index (χ4v) is 2.07. The Bertz CT molecular complexity index is 662. The fourth-order valence-electron chi connectivity index (χ4n) is 1.40. The Kier molecular flexibility index (Phi) is 3.18. The number of sulfone groups is 1. The predicted molar refractivity (Wildman–Crippen MR) is 65.4 cm³/mol. The average Bonchev–Trinajstić information content (AvgIpc) is 2.77. The van der Waals surface area contributed by atoms with Crippen molar-refractivity contribution in [1.29, 1.82) is 0 Å². The van der Waals surface area contributed by atoms with E-state index in [1.165, 1.54) is 12.1 Å². The first kappa shape index (κ1) is 12.7. The molecule has 1 aromatic carbocycles. The number of rotatable bonds is 3. The van der Waals surface area contributed by atoms with Gasteiger partial charge in [0, 0.05) is 11.8 Å². The van der Waals surface area contributed by atoms with Crippen molar-refractivity contribution in [3.8, 4) is 11.4 Å². The Morgan fingerprint density at radius 3 is 2.67 bits per heavy atom. The van der Waals surface area contributed by atoms with E-state index in [1.807, 2.05) is 0 Å². The number of nitrogens with two attached hydrogens (primary N) is 1. The third kappa shape index (κ3) is 2.57. The zero-order valence-corrected chi connectivity index (χ0v) is 10.8. The van der Waals surface area contributed by atoms with Gasteiger partial charge in [-0.3, -0.25) is 0 Å². The smallest absolute Gasteiger partial charge is 0.243 e. The molecule has 0 amide bonds. The van der Waals surface area contributed by atoms with Gasteiger partial charge < -0.3 is 10.3 Å². The lowest BCUT2D eigenvalue weighted by Crippen LogP contribution is -2.04. The molecule has 96 valence electrons. The Balaban J connectivity index is 2.45. The van der Waals surface area contributed by atoms with E-state index in [2.05, 4.69) is 10.1 Å². The van der Waals surface area contributed by atoms with Crippen LogP contribution in [0.3, 0.4) is 0 Å². The summed E-state index contributed by atoms with van der Waals surface area (Å²) in [7, 11) is -3.25. The number of nitrogens with zero attached hydrogens (tertiary/aromatic N) is 2. The summed E-state index contributed by atoms with van der Waals surface area (Å²) in [6, 6.07) is 6.01. The van der Waals surface area contributed by atoms with Crippen LogP contribution in [0, 0.1) is 0 Å². The molecule has 1 unspecified atom stereocenters. The van der Waals surface area contributed by atoms with Crippen LogP contribution in [-0.4, -0.2) is 24.8 Å². The van der Waals surface area contributed by atoms with Crippen LogP contribution in [0.2, 0.25) is 0 Å². The van der Waals surface area contributed by atoms with Gasteiger partial charge in [0.15, 0.2) is 9.84 Å². The van der Waals surface area contributed by atoms with Gasteiger partial charge in [0.25, 0.3) is 0 Å². The maximum absolute atomic E-state index is 11.4. The molecule has 0 aliphatic carbocycles. The third-order valence-electron chi connectivity index (χ3n) is 2.35. The monoisotopic (exact) mass is 267 g/mol. The quantitative estimate of drug-likeness (QED) is 0.895. The second-order valence-electron chi connectivity index (χ2n) is 4.04. The maximum Gasteiger partial charge on any atom is 0.243 e. The van der Waals surface area contributed by atoms with Crippen molar-refractivity contribution in [3.05, 3.63) is 30.2 Å². The topological polar surface area (TPSA) is 99.1 Å². The summed E-state index contributed by atoms with van der Waals surface area (Å²) in [5.41, 5.74) is 6.19. The van der Waals surface area contributed by atoms with E-state index in [-0.39, 0.29) is 10.9 Å². The average molecular weight is 267 g/mol. The van der Waals surface area contributed by atoms with Crippen molar-refractivity contribution in [3.63, 3.8) is 0 Å². The lowest BCUT2D eigenvalue weighted by molar-refractivity contribution is 0.362. The summed E-state index contributed by atoms with van der Waals surface area (Å²) in [5.74, 6) is 0.641. The minimum absolute atomic E-state index is 0.215. The largest absolute Gasteiger partial charge is 0.337 e. The van der Waals surface area contributed by atoms with E-state index in [1.54, 1.807) is 19.1 Å². The first-order valence-corrected chi connectivity index (χ1v) is 7.17. The number of benzene rings is 1. The SMILES string of the molecule is CC(N)c1nc(-c2cccc(S(C)(=O)=O)c2)no1. The van der Waals surface area contributed by atoms with E-state index in [4.69, 9.17) is 10.3 Å². The van der Waals surface area contributed by atoms with Crippen LogP contribution in [0.1, 0.15) is 18.9 Å². The summed E-state index contributed by atoms with van der Waals surface area (Å²) in [6.07, 6.45) is 1.15. The van der Waals surface area contributed by atoms with Crippen molar-refractivity contribution in [2.24, 2.45) is 5.73 Å². The highest BCUT2D eigenvalue weighted by Crippen LogP contribution is 2.21. The molecule has 0 fully saturated rings. The molecule has 0 bridgehead atoms. The molecule has 7 heteroatoms. The molecule has 1 atom stereocenters. The Morgan fingerprint density at radius 1 is 1.39 bits per heavy atom. The molecular formula is C11H13N3O3S. The molecule has 0 aliphatic rings. The third-order valence-corrected chi connectivity index (χ3v) is 3.46. The lowest BCUT2D eigenvalue weighted by Gasteiger charge is -1.99. The number of hydrogen-bond acceptors (Lipinski definition) is 6. The highest BCUT2D eigenvalue weighted by molar-refractivity contribution is 7.90. The molecule has 1 aromatic heterocycles. The van der Waals surface area contributed by atoms with Gasteiger partial charge in [-0.15, -0.1) is 0 Å². The first-order valence-electron chi connectivity index (χ1n) is 5.27. The van der Waals surface area contributed by atoms with E-state index >= 15 is 0 Å². The van der Waals surface area contributed by atoms with Crippen LogP contribution in [0.15, 0.2) is 33.7 Å². The van der Waals surface area contributed by atoms with E-state index in [0.29, 0.717) is 17.3 Å². The summed E-state index contributed by atoms with van der Waals surface area (Å²) < 4.78 is 27.9. The van der Waals surface area contributed by atoms with E-state index in [9.17, 15) is 8.42 Å². The Labute approximate surface area is 105 Å². The van der Waals surface area contributed by atoms with Gasteiger partial charge >= 0.3 is 0 Å². The van der Waals surface area contributed by atoms with Crippen LogP contribution in [-0.2, 0) is 9.84 Å². The molecule has 0 radical (unpaired) electrons. The second kappa shape index (κ2) is 4.51. The van der Waals surface area contributed by atoms with Gasteiger partial charge in [0.1, 0.15) is 0 Å². The van der Waals surface area contributed by atoms with Gasteiger partial charge in [-0.25, -0.2) is 8.42 Å². The molecule has 0 aliphatic heterocycles. The van der Waals surface area contributed by atoms with Gasteiger partial charge in [-0.2, -0.15) is 4.98 Å². The minimum atomic E-state index is -3.25. The maximum atomic E-state index is 11.4. The minimum Gasteiger partial charge on any atom is -0.337 e. The molecule has 2 aromatic rings. The highest BCUT2D eigenvalue weighted by atomic mass is 32.2. The molecular weight excluding hydrogens is 254 g/mol. The molecule has 0 spiro atoms. The first-order chi connectivity index (χ1) is 8.38. The predicted octanol–water partition coefficient (Wildman–Crippen LogP) is 1.16. The summed E-state index contributed by atoms with van der Waals surface area (Å²) in [4.78, 5) is 4.32. The van der Waals surface area contributed by atoms with Crippen LogP contribution in [0.4, 0.5) is 0 Å². The Hall–Kier alpha value is -1.73. The van der Waals surface area contributed by atoms with Crippen molar-refractivity contribution in [1.82, 2.24) is 10.1 Å². The summed E-state index contributed by atoms with van der Waals surface area (Å²) in [5, 5.41) is 3.77. The van der Waals surface area contributed by atoms with Crippen LogP contribution < -0.4 is 5.73 Å². The highest BCUT2D eigenvalue weighted by Gasteiger charge is 2.14. The molecule has 2 rings (SSSR count). The molecule has 0 saturated heterocycles. The number of aromatic nitrogens is 2. The second-order valence-corrected chi connectivity index (χ2v) is 6.06. The van der Waals surface area contributed by atoms with Gasteiger partial charge in [0.05, 0.1) is 10.9 Å². The zero-order chi connectivity index (χ0) is 13.3. The van der Waals surface area contributed by atoms with E-state index < -0.39 is 9.84 Å². The lowest BCUT2D eigenvalue weighted by atomic mass is 10.2. The molecule has 0 saturated carbocycles. The van der Waals surface area contributed by atoms with Crippen molar-refractivity contribution < 1.29 is 12.9 Å². The van der Waals surface area contributed by atoms with E-state index in [0.717, 1.165) is 6.26 Å². The van der Waals surface area contributed by atoms with Crippen LogP contribution in [0.5, 0.6) is 0 Å². The zero-order valence-electron chi connectivity index (χ0n) is 9.99. The molecule has 18 heavy (non-hydrogen) atoms. The van der Waals surface area contributed by atoms with Crippen LogP contribution >= 0.6 is 0 Å². The molecule has 6 nitrogen and oxygen atoms in total. The summed E-state index contributed by atoms with van der Waals surface area (Å²) >= 11 is 0. The van der Waals surface area contributed by atoms with Gasteiger partial charge in [-0.05, 0) is 19.1 Å². The van der Waals surface area contributed by atoms with Gasteiger partial charge in [-0.1, -0.05) is 17.3 Å². The van der Waals surface area contributed by atoms with Crippen molar-refractivity contribution in [2.75, 3.05) is 6.26 Å². The van der Waals surface area contributed by atoms with Crippen molar-refractivity contribution >= 4 is 9.84 Å². The van der Waals surface area contributed by atoms with Crippen molar-refractivity contribution in [2.45, 2.75) is 17.9 Å². The van der Waals surface area contributed by atoms with Crippen LogP contribution in [0.25, 0.3) is 11.4 Å². The fraction of sp³-hybridized carbons (Fsp3) is 0.273. The van der Waals surface area contributed by atoms with Gasteiger partial charge in [0.2, 0.25) is 11.7 Å². The normalized spacial score (nSPS) is 13.5. The standard InChI is InChI=1S/C11H13N3O3S/c1-7(12)11-13-10(14-17-11)8-4-3-5-9(6-8)18(2,15)16/h3-7H,12H2,1-2H3. The molecule has 1 heterocycles.